The van der Waals surface area contributed by atoms with Crippen LogP contribution in [-0.4, -0.2) is 34.1 Å². The van der Waals surface area contributed by atoms with Crippen LogP contribution in [0.5, 0.6) is 11.5 Å². The number of aromatic carboxylic acids is 1. The third-order valence-corrected chi connectivity index (χ3v) is 4.08. The first-order chi connectivity index (χ1) is 11.0. The zero-order valence-electron chi connectivity index (χ0n) is 12.9. The Labute approximate surface area is 138 Å². The molecule has 0 radical (unpaired) electrons. The Balaban J connectivity index is 2.22. The van der Waals surface area contributed by atoms with E-state index in [4.69, 9.17) is 26.2 Å². The molecule has 0 bridgehead atoms. The normalized spacial score (nSPS) is 13.7. The molecular weight excluding hydrogens is 320 g/mol. The van der Waals surface area contributed by atoms with Crippen LogP contribution in [0.25, 0.3) is 11.3 Å². The van der Waals surface area contributed by atoms with E-state index in [0.29, 0.717) is 41.9 Å². The van der Waals surface area contributed by atoms with Gasteiger partial charge < -0.3 is 14.6 Å². The Hall–Kier alpha value is -2.21. The molecule has 1 aliphatic heterocycles. The Kier molecular flexibility index (Phi) is 4.17. The van der Waals surface area contributed by atoms with E-state index in [1.54, 1.807) is 13.1 Å². The zero-order valence-corrected chi connectivity index (χ0v) is 13.7. The van der Waals surface area contributed by atoms with Crippen molar-refractivity contribution in [2.24, 2.45) is 7.05 Å². The number of hydrogen-bond donors (Lipinski definition) is 1. The number of hydrogen-bond acceptors (Lipinski definition) is 4. The summed E-state index contributed by atoms with van der Waals surface area (Å²) in [4.78, 5) is 11.2. The minimum absolute atomic E-state index is 0.00668. The highest BCUT2D eigenvalue weighted by molar-refractivity contribution is 6.32. The molecule has 0 spiro atoms. The monoisotopic (exact) mass is 336 g/mol. The predicted molar refractivity (Wildman–Crippen MR) is 85.6 cm³/mol. The van der Waals surface area contributed by atoms with E-state index in [2.05, 4.69) is 5.10 Å². The average molecular weight is 337 g/mol. The van der Waals surface area contributed by atoms with Crippen molar-refractivity contribution in [2.45, 2.75) is 19.8 Å². The number of carboxylic acid groups (broad SMARTS) is 1. The fourth-order valence-corrected chi connectivity index (χ4v) is 2.99. The quantitative estimate of drug-likeness (QED) is 0.932. The average Bonchev–Trinajstić information content (AvgIpc) is 2.74. The standard InChI is InChI=1S/C16H17ClN2O4/c1-3-9-10(13-8-12(16(20)21)18-19(13)2)7-11(17)15-14(9)22-5-4-6-23-15/h7-8H,3-6H2,1-2H3,(H,20,21). The summed E-state index contributed by atoms with van der Waals surface area (Å²) in [5.74, 6) is 0.140. The number of aryl methyl sites for hydroxylation is 1. The first-order valence-electron chi connectivity index (χ1n) is 7.41. The largest absolute Gasteiger partial charge is 0.489 e. The van der Waals surface area contributed by atoms with Gasteiger partial charge in [0.05, 0.1) is 23.9 Å². The van der Waals surface area contributed by atoms with E-state index in [1.165, 1.54) is 10.7 Å². The van der Waals surface area contributed by atoms with Crippen molar-refractivity contribution < 1.29 is 19.4 Å². The molecule has 122 valence electrons. The van der Waals surface area contributed by atoms with Gasteiger partial charge in [-0.15, -0.1) is 0 Å². The Morgan fingerprint density at radius 2 is 2.04 bits per heavy atom. The van der Waals surface area contributed by atoms with Gasteiger partial charge in [-0.25, -0.2) is 4.79 Å². The molecule has 3 rings (SSSR count). The molecule has 23 heavy (non-hydrogen) atoms. The lowest BCUT2D eigenvalue weighted by atomic mass is 10.00. The molecular formula is C16H17ClN2O4. The highest BCUT2D eigenvalue weighted by Gasteiger charge is 2.24. The first kappa shape index (κ1) is 15.7. The summed E-state index contributed by atoms with van der Waals surface area (Å²) in [5, 5.41) is 13.6. The lowest BCUT2D eigenvalue weighted by Crippen LogP contribution is -2.02. The lowest BCUT2D eigenvalue weighted by Gasteiger charge is -2.17. The minimum atomic E-state index is -1.06. The molecule has 0 fully saturated rings. The fraction of sp³-hybridized carbons (Fsp3) is 0.375. The molecule has 0 saturated carbocycles. The number of fused-ring (bicyclic) bond motifs is 1. The maximum Gasteiger partial charge on any atom is 0.356 e. The molecule has 6 nitrogen and oxygen atoms in total. The van der Waals surface area contributed by atoms with Gasteiger partial charge >= 0.3 is 5.97 Å². The molecule has 0 aliphatic carbocycles. The van der Waals surface area contributed by atoms with Crippen LogP contribution in [0.1, 0.15) is 29.4 Å². The van der Waals surface area contributed by atoms with Crippen molar-refractivity contribution in [3.05, 3.63) is 28.4 Å². The van der Waals surface area contributed by atoms with Gasteiger partial charge in [0.25, 0.3) is 0 Å². The summed E-state index contributed by atoms with van der Waals surface area (Å²) >= 11 is 6.37. The maximum absolute atomic E-state index is 11.2. The van der Waals surface area contributed by atoms with E-state index in [-0.39, 0.29) is 5.69 Å². The van der Waals surface area contributed by atoms with Gasteiger partial charge in [0, 0.05) is 24.6 Å². The number of nitrogens with zero attached hydrogens (tertiary/aromatic N) is 2. The van der Waals surface area contributed by atoms with Crippen molar-refractivity contribution in [2.75, 3.05) is 13.2 Å². The summed E-state index contributed by atoms with van der Waals surface area (Å²) in [6.45, 7) is 3.13. The summed E-state index contributed by atoms with van der Waals surface area (Å²) in [7, 11) is 1.71. The number of aromatic nitrogens is 2. The van der Waals surface area contributed by atoms with E-state index >= 15 is 0 Å². The van der Waals surface area contributed by atoms with E-state index < -0.39 is 5.97 Å². The van der Waals surface area contributed by atoms with Crippen LogP contribution in [0.2, 0.25) is 5.02 Å². The molecule has 0 unspecified atom stereocenters. The van der Waals surface area contributed by atoms with Gasteiger partial charge in [-0.05, 0) is 18.6 Å². The smallest absolute Gasteiger partial charge is 0.356 e. The Morgan fingerprint density at radius 1 is 1.35 bits per heavy atom. The van der Waals surface area contributed by atoms with Crippen LogP contribution < -0.4 is 9.47 Å². The SMILES string of the molecule is CCc1c(-c2cc(C(=O)O)nn2C)cc(Cl)c2c1OCCCO2. The maximum atomic E-state index is 11.2. The second-order valence-corrected chi connectivity index (χ2v) is 5.70. The van der Waals surface area contributed by atoms with Crippen molar-refractivity contribution in [1.82, 2.24) is 9.78 Å². The van der Waals surface area contributed by atoms with Gasteiger partial charge in [0.2, 0.25) is 0 Å². The molecule has 1 aromatic carbocycles. The minimum Gasteiger partial charge on any atom is -0.489 e. The summed E-state index contributed by atoms with van der Waals surface area (Å²) in [6.07, 6.45) is 1.49. The van der Waals surface area contributed by atoms with Crippen LogP contribution in [-0.2, 0) is 13.5 Å². The topological polar surface area (TPSA) is 73.6 Å². The van der Waals surface area contributed by atoms with Crippen LogP contribution in [0, 0.1) is 0 Å². The van der Waals surface area contributed by atoms with E-state index in [9.17, 15) is 4.79 Å². The fourth-order valence-electron chi connectivity index (χ4n) is 2.75. The van der Waals surface area contributed by atoms with E-state index in [0.717, 1.165) is 17.5 Å². The summed E-state index contributed by atoms with van der Waals surface area (Å²) in [6, 6.07) is 3.33. The predicted octanol–water partition coefficient (Wildman–Crippen LogP) is 3.16. The second kappa shape index (κ2) is 6.12. The number of carboxylic acids is 1. The zero-order chi connectivity index (χ0) is 16.6. The van der Waals surface area contributed by atoms with Crippen molar-refractivity contribution in [1.29, 1.82) is 0 Å². The van der Waals surface area contributed by atoms with Crippen molar-refractivity contribution >= 4 is 17.6 Å². The number of ether oxygens (including phenoxy) is 2. The molecule has 2 aromatic rings. The molecule has 0 amide bonds. The van der Waals surface area contributed by atoms with E-state index in [1.807, 2.05) is 6.92 Å². The third-order valence-electron chi connectivity index (χ3n) is 3.80. The van der Waals surface area contributed by atoms with Crippen molar-refractivity contribution in [3.63, 3.8) is 0 Å². The lowest BCUT2D eigenvalue weighted by molar-refractivity contribution is 0.0689. The molecule has 0 saturated heterocycles. The Bertz CT molecular complexity index is 770. The van der Waals surface area contributed by atoms with Gasteiger partial charge in [-0.2, -0.15) is 5.10 Å². The Morgan fingerprint density at radius 3 is 2.65 bits per heavy atom. The number of rotatable bonds is 3. The van der Waals surface area contributed by atoms with Crippen molar-refractivity contribution in [3.8, 4) is 22.8 Å². The van der Waals surface area contributed by atoms with Crippen LogP contribution in [0.15, 0.2) is 12.1 Å². The molecule has 1 N–H and O–H groups in total. The number of halogens is 1. The first-order valence-corrected chi connectivity index (χ1v) is 7.79. The highest BCUT2D eigenvalue weighted by atomic mass is 35.5. The van der Waals surface area contributed by atoms with Crippen LogP contribution in [0.4, 0.5) is 0 Å². The molecule has 1 aliphatic rings. The summed E-state index contributed by atoms with van der Waals surface area (Å²) < 4.78 is 13.1. The van der Waals surface area contributed by atoms with Crippen LogP contribution in [0.3, 0.4) is 0 Å². The number of benzene rings is 1. The molecule has 1 aromatic heterocycles. The second-order valence-electron chi connectivity index (χ2n) is 5.29. The molecule has 7 heteroatoms. The molecule has 2 heterocycles. The van der Waals surface area contributed by atoms with Gasteiger partial charge in [0.1, 0.15) is 0 Å². The highest BCUT2D eigenvalue weighted by Crippen LogP contribution is 2.45. The third kappa shape index (κ3) is 2.74. The summed E-state index contributed by atoms with van der Waals surface area (Å²) in [5.41, 5.74) is 2.42. The van der Waals surface area contributed by atoms with Gasteiger partial charge in [-0.3, -0.25) is 4.68 Å². The van der Waals surface area contributed by atoms with Gasteiger partial charge in [-0.1, -0.05) is 18.5 Å². The van der Waals surface area contributed by atoms with Crippen LogP contribution >= 0.6 is 11.6 Å². The molecule has 0 atom stereocenters. The van der Waals surface area contributed by atoms with Gasteiger partial charge in [0.15, 0.2) is 17.2 Å². The number of carbonyl (C=O) groups is 1.